The molecule has 0 aliphatic heterocycles. The Balaban J connectivity index is 2.26. The quantitative estimate of drug-likeness (QED) is 0.816. The predicted octanol–water partition coefficient (Wildman–Crippen LogP) is 2.21. The normalized spacial score (nSPS) is 9.35. The topological polar surface area (TPSA) is 88.3 Å². The molecule has 2 N–H and O–H groups in total. The van der Waals surface area contributed by atoms with E-state index in [4.69, 9.17) is 10.5 Å². The standard InChI is InChI=1S/C12H9N5/c1-8-11(7-14)12(17-16-8)15-10-4-2-9(6-13)3-5-10/h2-5H,1H3,(H2,15,16,17). The van der Waals surface area contributed by atoms with Crippen LogP contribution in [0.3, 0.4) is 0 Å². The lowest BCUT2D eigenvalue weighted by atomic mass is 10.2. The number of aromatic nitrogens is 2. The molecule has 82 valence electrons. The van der Waals surface area contributed by atoms with Crippen LogP contribution in [0, 0.1) is 29.6 Å². The average Bonchev–Trinajstić information content (AvgIpc) is 2.71. The summed E-state index contributed by atoms with van der Waals surface area (Å²) in [5, 5.41) is 27.4. The van der Waals surface area contributed by atoms with Crippen LogP contribution in [0.4, 0.5) is 11.5 Å². The van der Waals surface area contributed by atoms with E-state index in [0.717, 1.165) is 11.4 Å². The van der Waals surface area contributed by atoms with Crippen LogP contribution in [-0.4, -0.2) is 10.2 Å². The summed E-state index contributed by atoms with van der Waals surface area (Å²) in [6, 6.07) is 11.1. The number of benzene rings is 1. The molecule has 0 bridgehead atoms. The van der Waals surface area contributed by atoms with Gasteiger partial charge in [-0.1, -0.05) is 0 Å². The zero-order valence-corrected chi connectivity index (χ0v) is 9.15. The Hall–Kier alpha value is -2.79. The molecule has 5 nitrogen and oxygen atoms in total. The number of anilines is 2. The van der Waals surface area contributed by atoms with Gasteiger partial charge in [0.25, 0.3) is 0 Å². The highest BCUT2D eigenvalue weighted by molar-refractivity contribution is 5.64. The van der Waals surface area contributed by atoms with Crippen molar-refractivity contribution in [2.24, 2.45) is 0 Å². The van der Waals surface area contributed by atoms with Crippen LogP contribution in [0.25, 0.3) is 0 Å². The summed E-state index contributed by atoms with van der Waals surface area (Å²) in [7, 11) is 0. The van der Waals surface area contributed by atoms with E-state index in [0.29, 0.717) is 16.9 Å². The first-order valence-electron chi connectivity index (χ1n) is 4.97. The molecule has 1 aromatic carbocycles. The number of hydrogen-bond donors (Lipinski definition) is 2. The molecule has 0 aliphatic carbocycles. The first-order chi connectivity index (χ1) is 8.24. The van der Waals surface area contributed by atoms with Gasteiger partial charge in [-0.25, -0.2) is 0 Å². The van der Waals surface area contributed by atoms with Crippen LogP contribution in [0.15, 0.2) is 24.3 Å². The molecule has 0 unspecified atom stereocenters. The number of hydrogen-bond acceptors (Lipinski definition) is 4. The molecule has 2 aromatic rings. The Bertz CT molecular complexity index is 610. The third kappa shape index (κ3) is 2.09. The fourth-order valence-electron chi connectivity index (χ4n) is 1.42. The van der Waals surface area contributed by atoms with E-state index in [1.165, 1.54) is 0 Å². The van der Waals surface area contributed by atoms with Crippen LogP contribution >= 0.6 is 0 Å². The number of H-pyrrole nitrogens is 1. The Morgan fingerprint density at radius 3 is 2.47 bits per heavy atom. The zero-order chi connectivity index (χ0) is 12.3. The molecule has 5 heteroatoms. The molecule has 0 radical (unpaired) electrons. The molecule has 2 rings (SSSR count). The van der Waals surface area contributed by atoms with E-state index in [1.54, 1.807) is 31.2 Å². The van der Waals surface area contributed by atoms with E-state index >= 15 is 0 Å². The number of nitrogens with zero attached hydrogens (tertiary/aromatic N) is 3. The van der Waals surface area contributed by atoms with Gasteiger partial charge in [0.05, 0.1) is 17.3 Å². The Morgan fingerprint density at radius 1 is 1.18 bits per heavy atom. The number of rotatable bonds is 2. The zero-order valence-electron chi connectivity index (χ0n) is 9.15. The van der Waals surface area contributed by atoms with Gasteiger partial charge in [0.2, 0.25) is 0 Å². The molecule has 1 heterocycles. The van der Waals surface area contributed by atoms with E-state index in [1.807, 2.05) is 6.07 Å². The van der Waals surface area contributed by atoms with Crippen LogP contribution in [0.5, 0.6) is 0 Å². The van der Waals surface area contributed by atoms with Gasteiger partial charge in [-0.05, 0) is 31.2 Å². The van der Waals surface area contributed by atoms with E-state index < -0.39 is 0 Å². The molecular formula is C12H9N5. The van der Waals surface area contributed by atoms with E-state index in [9.17, 15) is 0 Å². The summed E-state index contributed by atoms with van der Waals surface area (Å²) in [5.41, 5.74) is 2.60. The SMILES string of the molecule is Cc1[nH]nc(Nc2ccc(C#N)cc2)c1C#N. The molecule has 0 amide bonds. The largest absolute Gasteiger partial charge is 0.338 e. The Morgan fingerprint density at radius 2 is 1.88 bits per heavy atom. The van der Waals surface area contributed by atoms with Gasteiger partial charge in [0.15, 0.2) is 5.82 Å². The van der Waals surface area contributed by atoms with Gasteiger partial charge < -0.3 is 5.32 Å². The van der Waals surface area contributed by atoms with Crippen molar-refractivity contribution < 1.29 is 0 Å². The number of nitrogens with one attached hydrogen (secondary N) is 2. The maximum atomic E-state index is 8.96. The highest BCUT2D eigenvalue weighted by atomic mass is 15.2. The molecule has 0 fully saturated rings. The lowest BCUT2D eigenvalue weighted by Gasteiger charge is -2.02. The molecule has 0 spiro atoms. The monoisotopic (exact) mass is 223 g/mol. The van der Waals surface area contributed by atoms with Crippen molar-refractivity contribution in [2.75, 3.05) is 5.32 Å². The highest BCUT2D eigenvalue weighted by Gasteiger charge is 2.09. The number of aromatic amines is 1. The smallest absolute Gasteiger partial charge is 0.170 e. The minimum atomic E-state index is 0.495. The maximum absolute atomic E-state index is 8.96. The minimum Gasteiger partial charge on any atom is -0.338 e. The second kappa shape index (κ2) is 4.38. The third-order valence-electron chi connectivity index (χ3n) is 2.34. The summed E-state index contributed by atoms with van der Waals surface area (Å²) in [5.74, 6) is 0.495. The second-order valence-electron chi connectivity index (χ2n) is 3.50. The van der Waals surface area contributed by atoms with Crippen LogP contribution in [-0.2, 0) is 0 Å². The van der Waals surface area contributed by atoms with Crippen LogP contribution in [0.1, 0.15) is 16.8 Å². The second-order valence-corrected chi connectivity index (χ2v) is 3.50. The van der Waals surface area contributed by atoms with Crippen molar-refractivity contribution in [3.8, 4) is 12.1 Å². The fraction of sp³-hybridized carbons (Fsp3) is 0.0833. The minimum absolute atomic E-state index is 0.495. The molecular weight excluding hydrogens is 214 g/mol. The van der Waals surface area contributed by atoms with E-state index in [2.05, 4.69) is 21.6 Å². The summed E-state index contributed by atoms with van der Waals surface area (Å²) < 4.78 is 0. The summed E-state index contributed by atoms with van der Waals surface area (Å²) in [4.78, 5) is 0. The lowest BCUT2D eigenvalue weighted by Crippen LogP contribution is -1.93. The number of nitriles is 2. The van der Waals surface area contributed by atoms with Crippen molar-refractivity contribution >= 4 is 11.5 Å². The number of aryl methyl sites for hydroxylation is 1. The van der Waals surface area contributed by atoms with Gasteiger partial charge in [-0.15, -0.1) is 0 Å². The van der Waals surface area contributed by atoms with Gasteiger partial charge in [-0.2, -0.15) is 15.6 Å². The molecule has 0 saturated heterocycles. The fourth-order valence-corrected chi connectivity index (χ4v) is 1.42. The molecule has 1 aromatic heterocycles. The maximum Gasteiger partial charge on any atom is 0.170 e. The summed E-state index contributed by atoms with van der Waals surface area (Å²) >= 11 is 0. The van der Waals surface area contributed by atoms with Crippen LogP contribution in [0.2, 0.25) is 0 Å². The van der Waals surface area contributed by atoms with Crippen molar-refractivity contribution in [1.29, 1.82) is 10.5 Å². The Labute approximate surface area is 98.3 Å². The summed E-state index contributed by atoms with van der Waals surface area (Å²) in [6.45, 7) is 1.79. The molecule has 17 heavy (non-hydrogen) atoms. The lowest BCUT2D eigenvalue weighted by molar-refractivity contribution is 1.05. The average molecular weight is 223 g/mol. The molecule has 0 saturated carbocycles. The van der Waals surface area contributed by atoms with Crippen molar-refractivity contribution in [3.05, 3.63) is 41.1 Å². The van der Waals surface area contributed by atoms with Gasteiger partial charge >= 0.3 is 0 Å². The van der Waals surface area contributed by atoms with Gasteiger partial charge in [0.1, 0.15) is 11.6 Å². The van der Waals surface area contributed by atoms with Crippen LogP contribution < -0.4 is 5.32 Å². The van der Waals surface area contributed by atoms with Gasteiger partial charge in [0, 0.05) is 5.69 Å². The summed E-state index contributed by atoms with van der Waals surface area (Å²) in [6.07, 6.45) is 0. The van der Waals surface area contributed by atoms with Crippen molar-refractivity contribution in [1.82, 2.24) is 10.2 Å². The van der Waals surface area contributed by atoms with Crippen molar-refractivity contribution in [2.45, 2.75) is 6.92 Å². The molecule has 0 atom stereocenters. The van der Waals surface area contributed by atoms with Gasteiger partial charge in [-0.3, -0.25) is 5.10 Å². The van der Waals surface area contributed by atoms with Crippen molar-refractivity contribution in [3.63, 3.8) is 0 Å². The first kappa shape index (κ1) is 10.7. The predicted molar refractivity (Wildman–Crippen MR) is 62.5 cm³/mol. The Kier molecular flexibility index (Phi) is 2.76. The van der Waals surface area contributed by atoms with E-state index in [-0.39, 0.29) is 0 Å². The third-order valence-corrected chi connectivity index (χ3v) is 2.34. The highest BCUT2D eigenvalue weighted by Crippen LogP contribution is 2.20. The first-order valence-corrected chi connectivity index (χ1v) is 4.97. The molecule has 0 aliphatic rings.